The molecule has 1 aliphatic rings. The van der Waals surface area contributed by atoms with E-state index in [4.69, 9.17) is 4.74 Å². The van der Waals surface area contributed by atoms with Crippen LogP contribution >= 0.6 is 0 Å². The molecule has 0 bridgehead atoms. The predicted molar refractivity (Wildman–Crippen MR) is 76.6 cm³/mol. The van der Waals surface area contributed by atoms with Crippen LogP contribution < -0.4 is 10.4 Å². The second kappa shape index (κ2) is 6.54. The monoisotopic (exact) mass is 282 g/mol. The molecule has 7 heteroatoms. The lowest BCUT2D eigenvalue weighted by molar-refractivity contribution is 0.122. The molecule has 1 saturated heterocycles. The van der Waals surface area contributed by atoms with Crippen LogP contribution in [-0.2, 0) is 11.3 Å². The highest BCUT2D eigenvalue weighted by Crippen LogP contribution is 2.24. The van der Waals surface area contributed by atoms with Crippen molar-refractivity contribution in [2.45, 2.75) is 6.54 Å². The Labute approximate surface area is 118 Å². The van der Waals surface area contributed by atoms with Crippen LogP contribution in [0.5, 0.6) is 0 Å². The number of rotatable bonds is 4. The third-order valence-corrected chi connectivity index (χ3v) is 3.35. The fourth-order valence-corrected chi connectivity index (χ4v) is 2.40. The van der Waals surface area contributed by atoms with Crippen LogP contribution in [0.1, 0.15) is 5.56 Å². The van der Waals surface area contributed by atoms with Gasteiger partial charge in [0.2, 0.25) is 0 Å². The summed E-state index contributed by atoms with van der Waals surface area (Å²) in [6, 6.07) is 3.19. The largest absolute Gasteiger partial charge is 0.491 e. The zero-order valence-electron chi connectivity index (χ0n) is 11.8. The summed E-state index contributed by atoms with van der Waals surface area (Å²) in [5.74, 6) is -0.544. The van der Waals surface area contributed by atoms with Gasteiger partial charge >= 0.3 is 7.12 Å². The first-order chi connectivity index (χ1) is 9.50. The Morgan fingerprint density at radius 2 is 1.95 bits per heavy atom. The second-order valence-corrected chi connectivity index (χ2v) is 5.18. The zero-order valence-corrected chi connectivity index (χ0v) is 11.8. The van der Waals surface area contributed by atoms with Crippen LogP contribution in [0.15, 0.2) is 12.1 Å². The molecule has 0 aromatic heterocycles. The van der Waals surface area contributed by atoms with Crippen molar-refractivity contribution in [2.24, 2.45) is 0 Å². The van der Waals surface area contributed by atoms with E-state index < -0.39 is 12.9 Å². The molecule has 0 radical (unpaired) electrons. The summed E-state index contributed by atoms with van der Waals surface area (Å²) >= 11 is 0. The number of benzene rings is 1. The molecule has 1 heterocycles. The smallest absolute Gasteiger partial charge is 0.423 e. The fourth-order valence-electron chi connectivity index (χ4n) is 2.40. The van der Waals surface area contributed by atoms with E-state index in [1.807, 2.05) is 19.0 Å². The highest BCUT2D eigenvalue weighted by atomic mass is 19.1. The molecule has 0 unspecified atom stereocenters. The minimum Gasteiger partial charge on any atom is -0.423 e. The van der Waals surface area contributed by atoms with Crippen molar-refractivity contribution >= 4 is 18.3 Å². The maximum Gasteiger partial charge on any atom is 0.491 e. The van der Waals surface area contributed by atoms with E-state index in [9.17, 15) is 14.4 Å². The second-order valence-electron chi connectivity index (χ2n) is 5.18. The molecule has 110 valence electrons. The van der Waals surface area contributed by atoms with Gasteiger partial charge in [0.1, 0.15) is 5.82 Å². The minimum absolute atomic E-state index is 0.0844. The van der Waals surface area contributed by atoms with E-state index in [1.54, 1.807) is 6.07 Å². The first-order valence-corrected chi connectivity index (χ1v) is 6.65. The molecule has 0 atom stereocenters. The van der Waals surface area contributed by atoms with Crippen molar-refractivity contribution in [3.63, 3.8) is 0 Å². The van der Waals surface area contributed by atoms with Gasteiger partial charge < -0.3 is 24.6 Å². The molecule has 0 spiro atoms. The van der Waals surface area contributed by atoms with Crippen molar-refractivity contribution < 1.29 is 19.2 Å². The fraction of sp³-hybridized carbons (Fsp3) is 0.538. The normalized spacial score (nSPS) is 15.8. The number of hydrogen-bond acceptors (Lipinski definition) is 5. The minimum atomic E-state index is -1.80. The lowest BCUT2D eigenvalue weighted by Crippen LogP contribution is -2.39. The van der Waals surface area contributed by atoms with Gasteiger partial charge in [-0.15, -0.1) is 0 Å². The molecule has 0 saturated carbocycles. The SMILES string of the molecule is CN(C)Cc1c(N2CCOCC2)ccc(B(O)O)c1F. The van der Waals surface area contributed by atoms with Crippen LogP contribution in [0.25, 0.3) is 0 Å². The molecule has 1 aliphatic heterocycles. The zero-order chi connectivity index (χ0) is 14.7. The van der Waals surface area contributed by atoms with Crippen LogP contribution in [0.4, 0.5) is 10.1 Å². The summed E-state index contributed by atoms with van der Waals surface area (Å²) in [6.07, 6.45) is 0. The Morgan fingerprint density at radius 1 is 1.30 bits per heavy atom. The Balaban J connectivity index is 2.41. The molecule has 5 nitrogen and oxygen atoms in total. The molecule has 2 N–H and O–H groups in total. The van der Waals surface area contributed by atoms with Gasteiger partial charge in [0, 0.05) is 36.3 Å². The van der Waals surface area contributed by atoms with Gasteiger partial charge in [-0.25, -0.2) is 4.39 Å². The molecular formula is C13H20BFN2O3. The molecule has 1 fully saturated rings. The van der Waals surface area contributed by atoms with E-state index in [-0.39, 0.29) is 5.46 Å². The molecule has 1 aromatic carbocycles. The van der Waals surface area contributed by atoms with Gasteiger partial charge in [0.05, 0.1) is 13.2 Å². The summed E-state index contributed by atoms with van der Waals surface area (Å²) in [6.45, 7) is 3.06. The highest BCUT2D eigenvalue weighted by Gasteiger charge is 2.24. The number of nitrogens with zero attached hydrogens (tertiary/aromatic N) is 2. The standard InChI is InChI=1S/C13H20BFN2O3/c1-16(2)9-10-12(17-5-7-20-8-6-17)4-3-11(13(10)15)14(18)19/h3-4,18-19H,5-9H2,1-2H3. The van der Waals surface area contributed by atoms with Gasteiger partial charge in [-0.1, -0.05) is 6.07 Å². The summed E-state index contributed by atoms with van der Waals surface area (Å²) < 4.78 is 19.8. The third-order valence-electron chi connectivity index (χ3n) is 3.35. The average Bonchev–Trinajstić information content (AvgIpc) is 2.41. The Bertz CT molecular complexity index is 465. The molecule has 2 rings (SSSR count). The first kappa shape index (κ1) is 15.2. The number of ether oxygens (including phenoxy) is 1. The molecule has 0 amide bonds. The van der Waals surface area contributed by atoms with Gasteiger partial charge in [-0.2, -0.15) is 0 Å². The molecule has 1 aromatic rings. The van der Waals surface area contributed by atoms with Gasteiger partial charge in [0.15, 0.2) is 0 Å². The van der Waals surface area contributed by atoms with Gasteiger partial charge in [0.25, 0.3) is 0 Å². The number of morpholine rings is 1. The summed E-state index contributed by atoms with van der Waals surface area (Å²) in [7, 11) is 1.91. The summed E-state index contributed by atoms with van der Waals surface area (Å²) in [4.78, 5) is 3.93. The topological polar surface area (TPSA) is 56.2 Å². The Hall–Kier alpha value is -1.15. The van der Waals surface area contributed by atoms with Crippen LogP contribution in [-0.4, -0.2) is 62.5 Å². The first-order valence-electron chi connectivity index (χ1n) is 6.65. The quantitative estimate of drug-likeness (QED) is 0.723. The summed E-state index contributed by atoms with van der Waals surface area (Å²) in [5, 5.41) is 18.5. The van der Waals surface area contributed by atoms with Crippen LogP contribution in [0, 0.1) is 5.82 Å². The van der Waals surface area contributed by atoms with E-state index in [0.717, 1.165) is 5.69 Å². The van der Waals surface area contributed by atoms with E-state index in [1.165, 1.54) is 6.07 Å². The van der Waals surface area contributed by atoms with Crippen LogP contribution in [0.2, 0.25) is 0 Å². The van der Waals surface area contributed by atoms with Crippen molar-refractivity contribution in [2.75, 3.05) is 45.3 Å². The number of halogens is 1. The molecular weight excluding hydrogens is 262 g/mol. The van der Waals surface area contributed by atoms with E-state index in [0.29, 0.717) is 38.4 Å². The Kier molecular flexibility index (Phi) is 4.98. The lowest BCUT2D eigenvalue weighted by atomic mass is 9.78. The predicted octanol–water partition coefficient (Wildman–Crippen LogP) is -0.596. The van der Waals surface area contributed by atoms with Crippen molar-refractivity contribution in [1.82, 2.24) is 4.90 Å². The average molecular weight is 282 g/mol. The van der Waals surface area contributed by atoms with Crippen LogP contribution in [0.3, 0.4) is 0 Å². The van der Waals surface area contributed by atoms with Gasteiger partial charge in [-0.3, -0.25) is 0 Å². The Morgan fingerprint density at radius 3 is 2.50 bits per heavy atom. The van der Waals surface area contributed by atoms with E-state index in [2.05, 4.69) is 4.90 Å². The van der Waals surface area contributed by atoms with Crippen molar-refractivity contribution in [3.8, 4) is 0 Å². The van der Waals surface area contributed by atoms with E-state index >= 15 is 0 Å². The molecule has 20 heavy (non-hydrogen) atoms. The number of hydrogen-bond donors (Lipinski definition) is 2. The number of anilines is 1. The van der Waals surface area contributed by atoms with Gasteiger partial charge in [-0.05, 0) is 20.2 Å². The maximum absolute atomic E-state index is 14.5. The lowest BCUT2D eigenvalue weighted by Gasteiger charge is -2.31. The highest BCUT2D eigenvalue weighted by molar-refractivity contribution is 6.58. The molecule has 0 aliphatic carbocycles. The third kappa shape index (κ3) is 3.30. The van der Waals surface area contributed by atoms with Crippen molar-refractivity contribution in [3.05, 3.63) is 23.5 Å². The maximum atomic E-state index is 14.5. The van der Waals surface area contributed by atoms with Crippen molar-refractivity contribution in [1.29, 1.82) is 0 Å². The summed E-state index contributed by atoms with van der Waals surface area (Å²) in [5.41, 5.74) is 1.20.